The van der Waals surface area contributed by atoms with Crippen LogP contribution in [-0.2, 0) is 11.2 Å². The molecule has 0 radical (unpaired) electrons. The average Bonchev–Trinajstić information content (AvgIpc) is 3.27. The first-order chi connectivity index (χ1) is 16.9. The first-order valence-corrected chi connectivity index (χ1v) is 14.3. The third-order valence-electron chi connectivity index (χ3n) is 10.3. The maximum atomic E-state index is 14.0. The van der Waals surface area contributed by atoms with E-state index < -0.39 is 0 Å². The van der Waals surface area contributed by atoms with Crippen molar-refractivity contribution in [3.63, 3.8) is 0 Å². The van der Waals surface area contributed by atoms with Crippen molar-refractivity contribution in [1.82, 2.24) is 0 Å². The molecule has 2 bridgehead atoms. The third kappa shape index (κ3) is 3.98. The molecule has 0 spiro atoms. The number of esters is 1. The summed E-state index contributed by atoms with van der Waals surface area (Å²) in [6.07, 6.45) is 11.6. The van der Waals surface area contributed by atoms with Crippen molar-refractivity contribution in [1.29, 1.82) is 0 Å². The van der Waals surface area contributed by atoms with E-state index in [0.717, 1.165) is 68.2 Å². The molecule has 36 heavy (non-hydrogen) atoms. The molecule has 0 aromatic heterocycles. The molecule has 4 heteroatoms. The fraction of sp³-hybridized carbons (Fsp3) is 0.719. The normalized spacial score (nSPS) is 33.4. The Labute approximate surface area is 217 Å². The van der Waals surface area contributed by atoms with Crippen LogP contribution in [0.3, 0.4) is 0 Å². The van der Waals surface area contributed by atoms with Gasteiger partial charge in [-0.25, -0.2) is 4.79 Å². The van der Waals surface area contributed by atoms with E-state index in [1.807, 2.05) is 6.07 Å². The van der Waals surface area contributed by atoms with Crippen LogP contribution in [0.15, 0.2) is 17.7 Å². The van der Waals surface area contributed by atoms with E-state index in [1.165, 1.54) is 12.0 Å². The quantitative estimate of drug-likeness (QED) is 0.246. The number of aromatic hydroxyl groups is 1. The third-order valence-corrected chi connectivity index (χ3v) is 10.3. The van der Waals surface area contributed by atoms with Gasteiger partial charge in [0.2, 0.25) is 0 Å². The Morgan fingerprint density at radius 3 is 2.58 bits per heavy atom. The molecule has 4 aliphatic rings. The van der Waals surface area contributed by atoms with Gasteiger partial charge in [-0.2, -0.15) is 0 Å². The summed E-state index contributed by atoms with van der Waals surface area (Å²) in [6, 6.07) is 2.05. The van der Waals surface area contributed by atoms with Crippen LogP contribution in [0.5, 0.6) is 11.5 Å². The van der Waals surface area contributed by atoms with E-state index in [0.29, 0.717) is 11.5 Å². The largest absolute Gasteiger partial charge is 0.507 e. The summed E-state index contributed by atoms with van der Waals surface area (Å²) >= 11 is 0. The maximum Gasteiger partial charge on any atom is 0.342 e. The zero-order valence-corrected chi connectivity index (χ0v) is 23.5. The summed E-state index contributed by atoms with van der Waals surface area (Å²) in [6.45, 7) is 15.5. The monoisotopic (exact) mass is 494 g/mol. The number of ether oxygens (including phenoxy) is 2. The first kappa shape index (κ1) is 25.7. The Kier molecular flexibility index (Phi) is 6.28. The van der Waals surface area contributed by atoms with Crippen LogP contribution in [0.1, 0.15) is 127 Å². The number of fused-ring (bicyclic) bond motifs is 5. The Hall–Kier alpha value is -1.97. The highest BCUT2D eigenvalue weighted by Crippen LogP contribution is 2.64. The van der Waals surface area contributed by atoms with Gasteiger partial charge in [-0.15, -0.1) is 0 Å². The number of phenols is 1. The van der Waals surface area contributed by atoms with Crippen molar-refractivity contribution in [3.8, 4) is 11.5 Å². The Bertz CT molecular complexity index is 1080. The Morgan fingerprint density at radius 1 is 1.17 bits per heavy atom. The molecular formula is C32H46O4. The molecule has 1 aromatic rings. The molecule has 3 aliphatic carbocycles. The van der Waals surface area contributed by atoms with Crippen molar-refractivity contribution in [2.45, 2.75) is 124 Å². The van der Waals surface area contributed by atoms with Crippen molar-refractivity contribution in [3.05, 3.63) is 34.4 Å². The van der Waals surface area contributed by atoms with Gasteiger partial charge in [0.05, 0.1) is 0 Å². The highest BCUT2D eigenvalue weighted by molar-refractivity contribution is 5.95. The predicted molar refractivity (Wildman–Crippen MR) is 144 cm³/mol. The van der Waals surface area contributed by atoms with Gasteiger partial charge in [-0.3, -0.25) is 0 Å². The molecule has 198 valence electrons. The summed E-state index contributed by atoms with van der Waals surface area (Å²) in [5, 5.41) is 11.8. The van der Waals surface area contributed by atoms with Crippen LogP contribution in [0, 0.1) is 22.7 Å². The molecule has 4 nitrogen and oxygen atoms in total. The number of carbonyl (C=O) groups is 1. The molecule has 5 atom stereocenters. The van der Waals surface area contributed by atoms with E-state index in [9.17, 15) is 9.90 Å². The SMILES string of the molecule is CCCCCc1cc2c(c(O)c1C(=O)O[C@@H]1C(C)(C)[C@H]3CC[C@]1(C)C3)[C@@H]1C=C(C)CC[C@H]1C(C)(C)O2. The lowest BCUT2D eigenvalue weighted by Gasteiger charge is -2.47. The molecular weight excluding hydrogens is 448 g/mol. The van der Waals surface area contributed by atoms with Crippen molar-refractivity contribution in [2.24, 2.45) is 22.7 Å². The number of rotatable bonds is 6. The lowest BCUT2D eigenvalue weighted by Crippen LogP contribution is -2.45. The van der Waals surface area contributed by atoms with E-state index in [1.54, 1.807) is 0 Å². The van der Waals surface area contributed by atoms with E-state index in [-0.39, 0.29) is 46.1 Å². The number of allylic oxidation sites excluding steroid dienone is 2. The second-order valence-corrected chi connectivity index (χ2v) is 13.7. The zero-order valence-electron chi connectivity index (χ0n) is 23.5. The zero-order chi connectivity index (χ0) is 26.0. The van der Waals surface area contributed by atoms with Gasteiger partial charge in [0.25, 0.3) is 0 Å². The number of aryl methyl sites for hydroxylation is 1. The summed E-state index contributed by atoms with van der Waals surface area (Å²) in [5.41, 5.74) is 3.02. The topological polar surface area (TPSA) is 55.8 Å². The predicted octanol–water partition coefficient (Wildman–Crippen LogP) is 8.11. The number of hydrogen-bond donors (Lipinski definition) is 1. The summed E-state index contributed by atoms with van der Waals surface area (Å²) < 4.78 is 13.0. The van der Waals surface area contributed by atoms with Crippen LogP contribution in [0.25, 0.3) is 0 Å². The number of benzene rings is 1. The Balaban J connectivity index is 1.58. The van der Waals surface area contributed by atoms with Gasteiger partial charge in [-0.1, -0.05) is 52.2 Å². The fourth-order valence-electron chi connectivity index (χ4n) is 8.32. The number of unbranched alkanes of at least 4 members (excludes halogenated alkanes) is 2. The van der Waals surface area contributed by atoms with Gasteiger partial charge in [0.15, 0.2) is 0 Å². The van der Waals surface area contributed by atoms with Gasteiger partial charge >= 0.3 is 5.97 Å². The summed E-state index contributed by atoms with van der Waals surface area (Å²) in [7, 11) is 0. The fourth-order valence-corrected chi connectivity index (χ4v) is 8.32. The highest BCUT2D eigenvalue weighted by Gasteiger charge is 2.61. The first-order valence-electron chi connectivity index (χ1n) is 14.3. The maximum absolute atomic E-state index is 14.0. The second-order valence-electron chi connectivity index (χ2n) is 13.7. The van der Waals surface area contributed by atoms with Gasteiger partial charge < -0.3 is 14.6 Å². The molecule has 0 amide bonds. The minimum absolute atomic E-state index is 0.0253. The average molecular weight is 495 g/mol. The van der Waals surface area contributed by atoms with E-state index in [2.05, 4.69) is 54.5 Å². The van der Waals surface area contributed by atoms with Gasteiger partial charge in [-0.05, 0) is 83.3 Å². The molecule has 1 N–H and O–H groups in total. The molecule has 1 heterocycles. The van der Waals surface area contributed by atoms with Crippen LogP contribution in [0.4, 0.5) is 0 Å². The molecule has 1 aliphatic heterocycles. The number of carbonyl (C=O) groups excluding carboxylic acids is 1. The molecule has 2 saturated carbocycles. The van der Waals surface area contributed by atoms with Gasteiger partial charge in [0.1, 0.15) is 28.8 Å². The molecule has 0 saturated heterocycles. The van der Waals surface area contributed by atoms with Crippen LogP contribution >= 0.6 is 0 Å². The van der Waals surface area contributed by atoms with E-state index >= 15 is 0 Å². The molecule has 1 aromatic carbocycles. The van der Waals surface area contributed by atoms with Crippen molar-refractivity contribution >= 4 is 5.97 Å². The van der Waals surface area contributed by atoms with Crippen LogP contribution in [-0.4, -0.2) is 22.8 Å². The molecule has 2 fully saturated rings. The van der Waals surface area contributed by atoms with Gasteiger partial charge in [0, 0.05) is 28.2 Å². The lowest BCUT2D eigenvalue weighted by molar-refractivity contribution is -0.0587. The number of hydrogen-bond acceptors (Lipinski definition) is 4. The van der Waals surface area contributed by atoms with Crippen molar-refractivity contribution < 1.29 is 19.4 Å². The highest BCUT2D eigenvalue weighted by atomic mass is 16.5. The summed E-state index contributed by atoms with van der Waals surface area (Å²) in [5.74, 6) is 1.37. The smallest absolute Gasteiger partial charge is 0.342 e. The number of phenolic OH excluding ortho intramolecular Hbond substituents is 1. The molecule has 5 rings (SSSR count). The minimum atomic E-state index is -0.355. The summed E-state index contributed by atoms with van der Waals surface area (Å²) in [4.78, 5) is 14.0. The standard InChI is InChI=1S/C32H46O4/c1-8-9-10-11-20-17-24-26(22-16-19(2)12-13-23(22)31(5,6)36-24)27(33)25(20)28(34)35-29-30(3,4)21-14-15-32(29,7)18-21/h16-17,21-23,29,33H,8-15,18H2,1-7H3/t21-,22+,23+,29+,32+/m0/s1. The van der Waals surface area contributed by atoms with Crippen LogP contribution < -0.4 is 4.74 Å². The van der Waals surface area contributed by atoms with Crippen molar-refractivity contribution in [2.75, 3.05) is 0 Å². The second kappa shape index (κ2) is 8.81. The van der Waals surface area contributed by atoms with Crippen LogP contribution in [0.2, 0.25) is 0 Å². The minimum Gasteiger partial charge on any atom is -0.507 e. The molecule has 0 unspecified atom stereocenters. The lowest BCUT2D eigenvalue weighted by atomic mass is 9.67. The van der Waals surface area contributed by atoms with E-state index in [4.69, 9.17) is 9.47 Å². The Morgan fingerprint density at radius 2 is 1.92 bits per heavy atom.